The first-order valence-corrected chi connectivity index (χ1v) is 5.77. The van der Waals surface area contributed by atoms with Gasteiger partial charge in [-0.3, -0.25) is 0 Å². The molecule has 1 aliphatic rings. The van der Waals surface area contributed by atoms with Gasteiger partial charge in [0.1, 0.15) is 11.5 Å². The second-order valence-electron chi connectivity index (χ2n) is 3.20. The third-order valence-electron chi connectivity index (χ3n) is 2.43. The Bertz CT molecular complexity index is 513. The minimum Gasteiger partial charge on any atom is -0.236 e. The van der Waals surface area contributed by atoms with Crippen LogP contribution in [-0.4, -0.2) is 15.7 Å². The van der Waals surface area contributed by atoms with Crippen molar-refractivity contribution in [3.8, 4) is 0 Å². The molecular weight excluding hydrogens is 216 g/mol. The van der Waals surface area contributed by atoms with Gasteiger partial charge < -0.3 is 0 Å². The van der Waals surface area contributed by atoms with E-state index in [9.17, 15) is 0 Å². The fraction of sp³-hybridized carbons (Fsp3) is 0.200. The van der Waals surface area contributed by atoms with Crippen LogP contribution in [0.2, 0.25) is 5.15 Å². The molecule has 4 heteroatoms. The molecular formula is C10H7ClN2S. The first-order chi connectivity index (χ1) is 6.86. The standard InChI is InChI=1S/C10H7ClN2S/c11-10-9-6-3-4-14-8(6)2-1-7(9)12-5-13-10/h1-2,5H,3-4H2. The Morgan fingerprint density at radius 2 is 2.21 bits per heavy atom. The van der Waals surface area contributed by atoms with Crippen molar-refractivity contribution in [3.05, 3.63) is 29.2 Å². The molecule has 0 atom stereocenters. The van der Waals surface area contributed by atoms with Crippen molar-refractivity contribution in [2.45, 2.75) is 11.3 Å². The van der Waals surface area contributed by atoms with Crippen molar-refractivity contribution in [2.75, 3.05) is 5.75 Å². The Labute approximate surface area is 90.7 Å². The average Bonchev–Trinajstić information content (AvgIpc) is 2.65. The maximum Gasteiger partial charge on any atom is 0.140 e. The van der Waals surface area contributed by atoms with Crippen LogP contribution in [0.4, 0.5) is 0 Å². The second kappa shape index (κ2) is 3.11. The van der Waals surface area contributed by atoms with E-state index in [2.05, 4.69) is 16.0 Å². The number of hydrogen-bond acceptors (Lipinski definition) is 3. The van der Waals surface area contributed by atoms with E-state index in [-0.39, 0.29) is 0 Å². The number of fused-ring (bicyclic) bond motifs is 3. The molecule has 3 rings (SSSR count). The van der Waals surface area contributed by atoms with Gasteiger partial charge in [-0.15, -0.1) is 11.8 Å². The first kappa shape index (κ1) is 8.50. The van der Waals surface area contributed by atoms with E-state index in [1.807, 2.05) is 17.8 Å². The number of halogens is 1. The second-order valence-corrected chi connectivity index (χ2v) is 4.69. The van der Waals surface area contributed by atoms with Gasteiger partial charge in [0.25, 0.3) is 0 Å². The molecule has 0 fully saturated rings. The van der Waals surface area contributed by atoms with Gasteiger partial charge in [0, 0.05) is 16.0 Å². The van der Waals surface area contributed by atoms with E-state index in [0.717, 1.165) is 23.1 Å². The van der Waals surface area contributed by atoms with Crippen LogP contribution in [0.1, 0.15) is 5.56 Å². The van der Waals surface area contributed by atoms with Crippen molar-refractivity contribution < 1.29 is 0 Å². The molecule has 0 saturated carbocycles. The van der Waals surface area contributed by atoms with Gasteiger partial charge in [-0.1, -0.05) is 11.6 Å². The van der Waals surface area contributed by atoms with Gasteiger partial charge >= 0.3 is 0 Å². The Balaban J connectivity index is 2.47. The molecule has 1 aromatic carbocycles. The van der Waals surface area contributed by atoms with Crippen LogP contribution in [0.15, 0.2) is 23.4 Å². The monoisotopic (exact) mass is 222 g/mol. The average molecular weight is 223 g/mol. The predicted octanol–water partition coefficient (Wildman–Crippen LogP) is 2.93. The lowest BCUT2D eigenvalue weighted by molar-refractivity contribution is 1.14. The van der Waals surface area contributed by atoms with E-state index < -0.39 is 0 Å². The Morgan fingerprint density at radius 3 is 3.14 bits per heavy atom. The Morgan fingerprint density at radius 1 is 1.29 bits per heavy atom. The number of hydrogen-bond donors (Lipinski definition) is 0. The zero-order valence-electron chi connectivity index (χ0n) is 7.33. The predicted molar refractivity (Wildman–Crippen MR) is 59.0 cm³/mol. The van der Waals surface area contributed by atoms with Crippen LogP contribution >= 0.6 is 23.4 Å². The SMILES string of the molecule is Clc1ncnc2ccc3c(c12)CCS3. The number of thioether (sulfide) groups is 1. The van der Waals surface area contributed by atoms with Crippen molar-refractivity contribution in [2.24, 2.45) is 0 Å². The number of rotatable bonds is 0. The highest BCUT2D eigenvalue weighted by molar-refractivity contribution is 7.99. The summed E-state index contributed by atoms with van der Waals surface area (Å²) in [6.45, 7) is 0. The molecule has 0 saturated heterocycles. The normalized spacial score (nSPS) is 14.6. The molecule has 0 amide bonds. The van der Waals surface area contributed by atoms with Gasteiger partial charge in [-0.05, 0) is 24.1 Å². The number of aromatic nitrogens is 2. The fourth-order valence-electron chi connectivity index (χ4n) is 1.81. The van der Waals surface area contributed by atoms with E-state index in [1.165, 1.54) is 16.8 Å². The van der Waals surface area contributed by atoms with Gasteiger partial charge in [-0.2, -0.15) is 0 Å². The number of benzene rings is 1. The quantitative estimate of drug-likeness (QED) is 0.641. The highest BCUT2D eigenvalue weighted by Gasteiger charge is 2.16. The van der Waals surface area contributed by atoms with Crippen LogP contribution in [0.3, 0.4) is 0 Å². The summed E-state index contributed by atoms with van der Waals surface area (Å²) in [5.74, 6) is 1.14. The summed E-state index contributed by atoms with van der Waals surface area (Å²) in [5, 5.41) is 1.62. The molecule has 0 radical (unpaired) electrons. The third-order valence-corrected chi connectivity index (χ3v) is 3.82. The van der Waals surface area contributed by atoms with E-state index in [0.29, 0.717) is 5.15 Å². The molecule has 2 nitrogen and oxygen atoms in total. The molecule has 1 aromatic heterocycles. The maximum absolute atomic E-state index is 6.08. The molecule has 14 heavy (non-hydrogen) atoms. The lowest BCUT2D eigenvalue weighted by Crippen LogP contribution is -1.89. The number of aryl methyl sites for hydroxylation is 1. The molecule has 0 bridgehead atoms. The maximum atomic E-state index is 6.08. The minimum absolute atomic E-state index is 0.578. The van der Waals surface area contributed by atoms with Crippen molar-refractivity contribution in [1.29, 1.82) is 0 Å². The van der Waals surface area contributed by atoms with Crippen molar-refractivity contribution in [3.63, 3.8) is 0 Å². The molecule has 0 aliphatic carbocycles. The van der Waals surface area contributed by atoms with Crippen LogP contribution in [0.25, 0.3) is 10.9 Å². The fourth-order valence-corrected chi connectivity index (χ4v) is 3.13. The minimum atomic E-state index is 0.578. The summed E-state index contributed by atoms with van der Waals surface area (Å²) < 4.78 is 0. The van der Waals surface area contributed by atoms with Crippen LogP contribution < -0.4 is 0 Å². The summed E-state index contributed by atoms with van der Waals surface area (Å²) in [6.07, 6.45) is 2.59. The molecule has 0 spiro atoms. The molecule has 70 valence electrons. The Hall–Kier alpha value is -0.800. The van der Waals surface area contributed by atoms with Gasteiger partial charge in [0.15, 0.2) is 0 Å². The molecule has 1 aliphatic heterocycles. The zero-order valence-corrected chi connectivity index (χ0v) is 8.90. The van der Waals surface area contributed by atoms with Crippen LogP contribution in [-0.2, 0) is 6.42 Å². The lowest BCUT2D eigenvalue weighted by Gasteiger charge is -2.04. The van der Waals surface area contributed by atoms with Gasteiger partial charge in [0.2, 0.25) is 0 Å². The van der Waals surface area contributed by atoms with E-state index >= 15 is 0 Å². The topological polar surface area (TPSA) is 25.8 Å². The smallest absolute Gasteiger partial charge is 0.140 e. The largest absolute Gasteiger partial charge is 0.236 e. The summed E-state index contributed by atoms with van der Waals surface area (Å²) in [5.41, 5.74) is 2.27. The Kier molecular flexibility index (Phi) is 1.89. The van der Waals surface area contributed by atoms with E-state index in [1.54, 1.807) is 0 Å². The van der Waals surface area contributed by atoms with Gasteiger partial charge in [-0.25, -0.2) is 9.97 Å². The molecule has 2 heterocycles. The summed E-state index contributed by atoms with van der Waals surface area (Å²) in [7, 11) is 0. The third kappa shape index (κ3) is 1.12. The highest BCUT2D eigenvalue weighted by Crippen LogP contribution is 2.37. The van der Waals surface area contributed by atoms with Crippen LogP contribution in [0.5, 0.6) is 0 Å². The highest BCUT2D eigenvalue weighted by atomic mass is 35.5. The summed E-state index contributed by atoms with van der Waals surface area (Å²) in [4.78, 5) is 9.57. The zero-order chi connectivity index (χ0) is 9.54. The van der Waals surface area contributed by atoms with E-state index in [4.69, 9.17) is 11.6 Å². The van der Waals surface area contributed by atoms with Crippen molar-refractivity contribution >= 4 is 34.3 Å². The van der Waals surface area contributed by atoms with Crippen LogP contribution in [0, 0.1) is 0 Å². The molecule has 2 aromatic rings. The molecule has 0 unspecified atom stereocenters. The summed E-state index contributed by atoms with van der Waals surface area (Å²) >= 11 is 7.96. The lowest BCUT2D eigenvalue weighted by atomic mass is 10.1. The summed E-state index contributed by atoms with van der Waals surface area (Å²) in [6, 6.07) is 4.14. The van der Waals surface area contributed by atoms with Crippen molar-refractivity contribution in [1.82, 2.24) is 9.97 Å². The number of nitrogens with zero attached hydrogens (tertiary/aromatic N) is 2. The van der Waals surface area contributed by atoms with Gasteiger partial charge in [0.05, 0.1) is 5.52 Å². The first-order valence-electron chi connectivity index (χ1n) is 4.41. The molecule has 0 N–H and O–H groups in total.